The normalized spacial score (nSPS) is 17.6. The van der Waals surface area contributed by atoms with Crippen LogP contribution in [0.2, 0.25) is 10.0 Å². The van der Waals surface area contributed by atoms with Crippen molar-refractivity contribution >= 4 is 40.6 Å². The SMILES string of the molecule is CC1CCCN(C(=O)c2cnc(Nc3ccc(Cl)cc3Cl)cn2)C1. The van der Waals surface area contributed by atoms with Crippen molar-refractivity contribution in [1.29, 1.82) is 0 Å². The Hall–Kier alpha value is -1.85. The number of carbonyl (C=O) groups excluding carboxylic acids is 1. The topological polar surface area (TPSA) is 58.1 Å². The summed E-state index contributed by atoms with van der Waals surface area (Å²) in [6.45, 7) is 3.72. The minimum atomic E-state index is -0.0647. The van der Waals surface area contributed by atoms with Crippen LogP contribution in [0.4, 0.5) is 11.5 Å². The molecule has 0 saturated carbocycles. The van der Waals surface area contributed by atoms with Crippen molar-refractivity contribution in [2.45, 2.75) is 19.8 Å². The zero-order valence-electron chi connectivity index (χ0n) is 13.3. The highest BCUT2D eigenvalue weighted by atomic mass is 35.5. The van der Waals surface area contributed by atoms with Crippen LogP contribution >= 0.6 is 23.2 Å². The second-order valence-corrected chi connectivity index (χ2v) is 6.88. The smallest absolute Gasteiger partial charge is 0.274 e. The molecule has 1 aliphatic rings. The first kappa shape index (κ1) is 17.0. The van der Waals surface area contributed by atoms with Crippen LogP contribution < -0.4 is 5.32 Å². The molecule has 24 heavy (non-hydrogen) atoms. The Balaban J connectivity index is 1.69. The summed E-state index contributed by atoms with van der Waals surface area (Å²) >= 11 is 12.0. The molecule has 0 aliphatic carbocycles. The van der Waals surface area contributed by atoms with Crippen LogP contribution in [-0.2, 0) is 0 Å². The van der Waals surface area contributed by atoms with Gasteiger partial charge < -0.3 is 10.2 Å². The molecule has 3 rings (SSSR count). The molecule has 1 aliphatic heterocycles. The van der Waals surface area contributed by atoms with Crippen molar-refractivity contribution < 1.29 is 4.79 Å². The number of amides is 1. The Bertz CT molecular complexity index is 736. The van der Waals surface area contributed by atoms with E-state index in [4.69, 9.17) is 23.2 Å². The van der Waals surface area contributed by atoms with Gasteiger partial charge in [0.25, 0.3) is 5.91 Å². The van der Waals surface area contributed by atoms with E-state index in [2.05, 4.69) is 22.2 Å². The third-order valence-electron chi connectivity index (χ3n) is 4.01. The number of halogens is 2. The van der Waals surface area contributed by atoms with Crippen molar-refractivity contribution in [2.75, 3.05) is 18.4 Å². The highest BCUT2D eigenvalue weighted by molar-refractivity contribution is 6.36. The standard InChI is InChI=1S/C17H18Cl2N4O/c1-11-3-2-6-23(10-11)17(24)15-8-21-16(9-20-15)22-14-5-4-12(18)7-13(14)19/h4-5,7-9,11H,2-3,6,10H2,1H3,(H,21,22). The molecule has 1 aromatic carbocycles. The number of rotatable bonds is 3. The van der Waals surface area contributed by atoms with Crippen LogP contribution in [0.1, 0.15) is 30.3 Å². The maximum atomic E-state index is 12.5. The maximum Gasteiger partial charge on any atom is 0.274 e. The Labute approximate surface area is 151 Å². The van der Waals surface area contributed by atoms with Crippen LogP contribution in [0.15, 0.2) is 30.6 Å². The van der Waals surface area contributed by atoms with E-state index in [9.17, 15) is 4.79 Å². The molecular formula is C17H18Cl2N4O. The second-order valence-electron chi connectivity index (χ2n) is 6.03. The van der Waals surface area contributed by atoms with E-state index >= 15 is 0 Å². The molecule has 1 atom stereocenters. The van der Waals surface area contributed by atoms with E-state index in [1.165, 1.54) is 18.8 Å². The molecule has 0 spiro atoms. The number of nitrogens with one attached hydrogen (secondary N) is 1. The molecule has 2 heterocycles. The third-order valence-corrected chi connectivity index (χ3v) is 4.56. The fraction of sp³-hybridized carbons (Fsp3) is 0.353. The van der Waals surface area contributed by atoms with E-state index in [0.29, 0.717) is 33.2 Å². The van der Waals surface area contributed by atoms with Gasteiger partial charge >= 0.3 is 0 Å². The highest BCUT2D eigenvalue weighted by Gasteiger charge is 2.23. The second kappa shape index (κ2) is 7.36. The molecule has 5 nitrogen and oxygen atoms in total. The number of benzene rings is 1. The number of anilines is 2. The molecule has 1 saturated heterocycles. The van der Waals surface area contributed by atoms with Gasteiger partial charge in [0.15, 0.2) is 0 Å². The predicted octanol–water partition coefficient (Wildman–Crippen LogP) is 4.40. The average molecular weight is 365 g/mol. The first-order valence-electron chi connectivity index (χ1n) is 7.86. The van der Waals surface area contributed by atoms with E-state index < -0.39 is 0 Å². The zero-order valence-corrected chi connectivity index (χ0v) is 14.8. The van der Waals surface area contributed by atoms with Gasteiger partial charge in [-0.1, -0.05) is 30.1 Å². The van der Waals surface area contributed by atoms with E-state index in [-0.39, 0.29) is 5.91 Å². The molecule has 7 heteroatoms. The van der Waals surface area contributed by atoms with Crippen LogP contribution in [0.25, 0.3) is 0 Å². The lowest BCUT2D eigenvalue weighted by molar-refractivity contribution is 0.0676. The lowest BCUT2D eigenvalue weighted by Gasteiger charge is -2.30. The molecule has 1 N–H and O–H groups in total. The summed E-state index contributed by atoms with van der Waals surface area (Å²) in [5, 5.41) is 4.12. The van der Waals surface area contributed by atoms with E-state index in [1.54, 1.807) is 18.2 Å². The van der Waals surface area contributed by atoms with Crippen molar-refractivity contribution in [3.8, 4) is 0 Å². The fourth-order valence-electron chi connectivity index (χ4n) is 2.77. The minimum absolute atomic E-state index is 0.0647. The fourth-order valence-corrected chi connectivity index (χ4v) is 3.22. The van der Waals surface area contributed by atoms with Crippen molar-refractivity contribution in [1.82, 2.24) is 14.9 Å². The lowest BCUT2D eigenvalue weighted by atomic mass is 10.0. The van der Waals surface area contributed by atoms with E-state index in [0.717, 1.165) is 19.5 Å². The lowest BCUT2D eigenvalue weighted by Crippen LogP contribution is -2.39. The largest absolute Gasteiger partial charge is 0.338 e. The van der Waals surface area contributed by atoms with Crippen LogP contribution in [-0.4, -0.2) is 33.9 Å². The number of hydrogen-bond acceptors (Lipinski definition) is 4. The third kappa shape index (κ3) is 3.97. The molecule has 1 amide bonds. The monoisotopic (exact) mass is 364 g/mol. The Morgan fingerprint density at radius 3 is 2.79 bits per heavy atom. The van der Waals surface area contributed by atoms with Gasteiger partial charge in [0.05, 0.1) is 23.1 Å². The molecule has 0 radical (unpaired) electrons. The summed E-state index contributed by atoms with van der Waals surface area (Å²) in [6, 6.07) is 5.15. The summed E-state index contributed by atoms with van der Waals surface area (Å²) in [6.07, 6.45) is 5.23. The number of aromatic nitrogens is 2. The molecule has 0 bridgehead atoms. The van der Waals surface area contributed by atoms with Crippen molar-refractivity contribution in [2.24, 2.45) is 5.92 Å². The highest BCUT2D eigenvalue weighted by Crippen LogP contribution is 2.27. The van der Waals surface area contributed by atoms with Gasteiger partial charge in [-0.25, -0.2) is 9.97 Å². The Kier molecular flexibility index (Phi) is 5.21. The maximum absolute atomic E-state index is 12.5. The number of piperidine rings is 1. The summed E-state index contributed by atoms with van der Waals surface area (Å²) in [5.74, 6) is 0.983. The quantitative estimate of drug-likeness (QED) is 0.876. The van der Waals surface area contributed by atoms with Crippen molar-refractivity contribution in [3.63, 3.8) is 0 Å². The number of hydrogen-bond donors (Lipinski definition) is 1. The summed E-state index contributed by atoms with van der Waals surface area (Å²) < 4.78 is 0. The van der Waals surface area contributed by atoms with E-state index in [1.807, 2.05) is 4.90 Å². The molecule has 2 aromatic rings. The van der Waals surface area contributed by atoms with Gasteiger partial charge in [-0.2, -0.15) is 0 Å². The minimum Gasteiger partial charge on any atom is -0.338 e. The van der Waals surface area contributed by atoms with Gasteiger partial charge in [-0.05, 0) is 37.0 Å². The Morgan fingerprint density at radius 1 is 1.29 bits per heavy atom. The van der Waals surface area contributed by atoms with Gasteiger partial charge in [0.1, 0.15) is 11.5 Å². The first-order valence-corrected chi connectivity index (χ1v) is 8.62. The Morgan fingerprint density at radius 2 is 2.12 bits per heavy atom. The summed E-state index contributed by atoms with van der Waals surface area (Å²) in [7, 11) is 0. The average Bonchev–Trinajstić information content (AvgIpc) is 2.57. The van der Waals surface area contributed by atoms with Crippen LogP contribution in [0.3, 0.4) is 0 Å². The van der Waals surface area contributed by atoms with Crippen molar-refractivity contribution in [3.05, 3.63) is 46.3 Å². The zero-order chi connectivity index (χ0) is 17.1. The number of likely N-dealkylation sites (tertiary alicyclic amines) is 1. The molecular weight excluding hydrogens is 347 g/mol. The molecule has 1 fully saturated rings. The van der Waals surface area contributed by atoms with Crippen LogP contribution in [0, 0.1) is 5.92 Å². The number of carbonyl (C=O) groups is 1. The summed E-state index contributed by atoms with van der Waals surface area (Å²) in [5.41, 5.74) is 1.04. The first-order chi connectivity index (χ1) is 11.5. The van der Waals surface area contributed by atoms with Gasteiger partial charge in [-0.15, -0.1) is 0 Å². The molecule has 1 unspecified atom stereocenters. The molecule has 126 valence electrons. The number of nitrogens with zero attached hydrogens (tertiary/aromatic N) is 3. The van der Waals surface area contributed by atoms with Crippen LogP contribution in [0.5, 0.6) is 0 Å². The predicted molar refractivity (Wildman–Crippen MR) is 96.1 cm³/mol. The van der Waals surface area contributed by atoms with Gasteiger partial charge in [-0.3, -0.25) is 4.79 Å². The van der Waals surface area contributed by atoms with Gasteiger partial charge in [0, 0.05) is 18.1 Å². The summed E-state index contributed by atoms with van der Waals surface area (Å²) in [4.78, 5) is 22.8. The van der Waals surface area contributed by atoms with Gasteiger partial charge in [0.2, 0.25) is 0 Å². The molecule has 1 aromatic heterocycles.